The van der Waals surface area contributed by atoms with Crippen molar-refractivity contribution in [3.8, 4) is 5.75 Å². The zero-order valence-electron chi connectivity index (χ0n) is 15.8. The van der Waals surface area contributed by atoms with Crippen LogP contribution in [0.4, 0.5) is 5.69 Å². The molecule has 0 unspecified atom stereocenters. The molecule has 2 aromatic rings. The monoisotopic (exact) mass is 422 g/mol. The molecule has 1 saturated heterocycles. The summed E-state index contributed by atoms with van der Waals surface area (Å²) in [5.41, 5.74) is 0.688. The third-order valence-corrected chi connectivity index (χ3v) is 6.74. The highest BCUT2D eigenvalue weighted by atomic mass is 35.5. The van der Waals surface area contributed by atoms with E-state index in [1.54, 1.807) is 35.2 Å². The van der Waals surface area contributed by atoms with E-state index >= 15 is 0 Å². The zero-order chi connectivity index (χ0) is 20.3. The molecule has 1 heterocycles. The van der Waals surface area contributed by atoms with Crippen molar-refractivity contribution < 1.29 is 17.9 Å². The Morgan fingerprint density at radius 3 is 2.39 bits per heavy atom. The van der Waals surface area contributed by atoms with Crippen LogP contribution in [-0.2, 0) is 10.0 Å². The van der Waals surface area contributed by atoms with Crippen molar-refractivity contribution >= 4 is 33.2 Å². The molecule has 1 amide bonds. The Hall–Kier alpha value is -2.25. The second kappa shape index (κ2) is 8.41. The lowest BCUT2D eigenvalue weighted by molar-refractivity contribution is 0.0697. The maximum absolute atomic E-state index is 12.8. The van der Waals surface area contributed by atoms with Gasteiger partial charge in [-0.1, -0.05) is 18.5 Å². The van der Waals surface area contributed by atoms with Gasteiger partial charge in [-0.2, -0.15) is 0 Å². The third kappa shape index (κ3) is 4.59. The molecule has 1 N–H and O–H groups in total. The summed E-state index contributed by atoms with van der Waals surface area (Å²) in [5, 5.41) is 0.0600. The summed E-state index contributed by atoms with van der Waals surface area (Å²) in [7, 11) is -2.42. The van der Waals surface area contributed by atoms with Crippen LogP contribution < -0.4 is 9.46 Å². The van der Waals surface area contributed by atoms with Crippen molar-refractivity contribution in [1.82, 2.24) is 4.90 Å². The number of hydrogen-bond acceptors (Lipinski definition) is 4. The number of carbonyl (C=O) groups excluding carboxylic acids is 1. The number of nitrogens with one attached hydrogen (secondary N) is 1. The fraction of sp³-hybridized carbons (Fsp3) is 0.350. The molecule has 0 aliphatic carbocycles. The minimum atomic E-state index is -3.95. The van der Waals surface area contributed by atoms with Crippen LogP contribution in [0.1, 0.15) is 30.1 Å². The minimum absolute atomic E-state index is 0.0600. The molecule has 6 nitrogen and oxygen atoms in total. The smallest absolute Gasteiger partial charge is 0.263 e. The van der Waals surface area contributed by atoms with E-state index in [-0.39, 0.29) is 15.8 Å². The molecule has 1 aliphatic rings. The van der Waals surface area contributed by atoms with Gasteiger partial charge in [-0.25, -0.2) is 8.42 Å². The molecule has 0 radical (unpaired) electrons. The normalized spacial score (nSPS) is 15.3. The molecule has 150 valence electrons. The molecule has 28 heavy (non-hydrogen) atoms. The predicted molar refractivity (Wildman–Crippen MR) is 110 cm³/mol. The number of rotatable bonds is 5. The van der Waals surface area contributed by atoms with E-state index in [2.05, 4.69) is 11.6 Å². The van der Waals surface area contributed by atoms with Crippen LogP contribution >= 0.6 is 11.6 Å². The summed E-state index contributed by atoms with van der Waals surface area (Å²) in [6, 6.07) is 10.8. The van der Waals surface area contributed by atoms with Crippen LogP contribution in [0.2, 0.25) is 5.02 Å². The first-order valence-electron chi connectivity index (χ1n) is 9.06. The first-order chi connectivity index (χ1) is 13.3. The lowest BCUT2D eigenvalue weighted by atomic mass is 9.98. The fourth-order valence-corrected chi connectivity index (χ4v) is 4.69. The number of benzene rings is 2. The molecule has 0 saturated carbocycles. The second-order valence-electron chi connectivity index (χ2n) is 6.95. The summed E-state index contributed by atoms with van der Waals surface area (Å²) in [6.07, 6.45) is 1.90. The summed E-state index contributed by atoms with van der Waals surface area (Å²) in [6.45, 7) is 3.52. The summed E-state index contributed by atoms with van der Waals surface area (Å²) in [5.74, 6) is 1.03. The van der Waals surface area contributed by atoms with Crippen LogP contribution in [0.3, 0.4) is 0 Å². The number of anilines is 1. The van der Waals surface area contributed by atoms with E-state index in [1.807, 2.05) is 0 Å². The zero-order valence-corrected chi connectivity index (χ0v) is 17.4. The molecule has 0 atom stereocenters. The van der Waals surface area contributed by atoms with Gasteiger partial charge in [-0.05, 0) is 61.2 Å². The molecule has 0 bridgehead atoms. The Labute approximate surface area is 170 Å². The van der Waals surface area contributed by atoms with Crippen molar-refractivity contribution in [1.29, 1.82) is 0 Å². The lowest BCUT2D eigenvalue weighted by Crippen LogP contribution is -2.38. The first kappa shape index (κ1) is 20.5. The van der Waals surface area contributed by atoms with Gasteiger partial charge < -0.3 is 9.64 Å². The quantitative estimate of drug-likeness (QED) is 0.789. The number of nitrogens with zero attached hydrogens (tertiary/aromatic N) is 1. The van der Waals surface area contributed by atoms with Crippen LogP contribution in [-0.4, -0.2) is 39.4 Å². The highest BCUT2D eigenvalue weighted by Crippen LogP contribution is 2.27. The molecular formula is C20H23ClN2O4S. The molecule has 0 aromatic heterocycles. The number of halogens is 1. The Balaban J connectivity index is 1.84. The Kier molecular flexibility index (Phi) is 6.15. The molecule has 3 rings (SSSR count). The standard InChI is InChI=1S/C20H23ClN2O4S/c1-14-9-11-23(12-10-14)20(24)15-3-8-18(21)19(13-15)28(25,26)22-16-4-6-17(27-2)7-5-16/h3-8,13-14,22H,9-12H2,1-2H3. The number of sulfonamides is 1. The number of amides is 1. The molecular weight excluding hydrogens is 400 g/mol. The third-order valence-electron chi connectivity index (χ3n) is 4.88. The van der Waals surface area contributed by atoms with Gasteiger partial charge in [-0.3, -0.25) is 9.52 Å². The van der Waals surface area contributed by atoms with E-state index in [0.29, 0.717) is 36.0 Å². The highest BCUT2D eigenvalue weighted by molar-refractivity contribution is 7.92. The van der Waals surface area contributed by atoms with Gasteiger partial charge in [0.15, 0.2) is 0 Å². The van der Waals surface area contributed by atoms with Gasteiger partial charge in [0.05, 0.1) is 12.1 Å². The number of hydrogen-bond donors (Lipinski definition) is 1. The van der Waals surface area contributed by atoms with Gasteiger partial charge in [0, 0.05) is 24.3 Å². The van der Waals surface area contributed by atoms with Crippen molar-refractivity contribution in [3.63, 3.8) is 0 Å². The van der Waals surface area contributed by atoms with Gasteiger partial charge in [-0.15, -0.1) is 0 Å². The summed E-state index contributed by atoms with van der Waals surface area (Å²) >= 11 is 6.14. The second-order valence-corrected chi connectivity index (χ2v) is 9.01. The maximum Gasteiger partial charge on any atom is 0.263 e. The molecule has 0 spiro atoms. The van der Waals surface area contributed by atoms with Gasteiger partial charge >= 0.3 is 0 Å². The average molecular weight is 423 g/mol. The van der Waals surface area contributed by atoms with Crippen LogP contribution in [0.25, 0.3) is 0 Å². The van der Waals surface area contributed by atoms with Gasteiger partial charge in [0.25, 0.3) is 15.9 Å². The number of likely N-dealkylation sites (tertiary alicyclic amines) is 1. The largest absolute Gasteiger partial charge is 0.497 e. The fourth-order valence-electron chi connectivity index (χ4n) is 3.11. The van der Waals surface area contributed by atoms with Gasteiger partial charge in [0.1, 0.15) is 10.6 Å². The summed E-state index contributed by atoms with van der Waals surface area (Å²) in [4.78, 5) is 14.4. The number of methoxy groups -OCH3 is 1. The van der Waals surface area contributed by atoms with Gasteiger partial charge in [0.2, 0.25) is 0 Å². The SMILES string of the molecule is COc1ccc(NS(=O)(=O)c2cc(C(=O)N3CCC(C)CC3)ccc2Cl)cc1. The topological polar surface area (TPSA) is 75.7 Å². The van der Waals surface area contributed by atoms with E-state index < -0.39 is 10.0 Å². The van der Waals surface area contributed by atoms with Crippen molar-refractivity contribution in [2.75, 3.05) is 24.9 Å². The first-order valence-corrected chi connectivity index (χ1v) is 10.9. The summed E-state index contributed by atoms with van der Waals surface area (Å²) < 4.78 is 33.2. The maximum atomic E-state index is 12.8. The van der Waals surface area contributed by atoms with Crippen LogP contribution in [0.15, 0.2) is 47.4 Å². The van der Waals surface area contributed by atoms with E-state index in [4.69, 9.17) is 16.3 Å². The van der Waals surface area contributed by atoms with Crippen LogP contribution in [0, 0.1) is 5.92 Å². The van der Waals surface area contributed by atoms with Crippen molar-refractivity contribution in [3.05, 3.63) is 53.1 Å². The number of carbonyl (C=O) groups is 1. The van der Waals surface area contributed by atoms with Crippen LogP contribution in [0.5, 0.6) is 5.75 Å². The average Bonchev–Trinajstić information content (AvgIpc) is 2.68. The minimum Gasteiger partial charge on any atom is -0.497 e. The molecule has 2 aromatic carbocycles. The van der Waals surface area contributed by atoms with E-state index in [1.165, 1.54) is 19.2 Å². The van der Waals surface area contributed by atoms with Crippen molar-refractivity contribution in [2.45, 2.75) is 24.7 Å². The Morgan fingerprint density at radius 1 is 1.14 bits per heavy atom. The van der Waals surface area contributed by atoms with Crippen molar-refractivity contribution in [2.24, 2.45) is 5.92 Å². The number of piperidine rings is 1. The number of ether oxygens (including phenoxy) is 1. The molecule has 1 aliphatic heterocycles. The lowest BCUT2D eigenvalue weighted by Gasteiger charge is -2.30. The Bertz CT molecular complexity index is 953. The molecule has 1 fully saturated rings. The predicted octanol–water partition coefficient (Wildman–Crippen LogP) is 4.02. The Morgan fingerprint density at radius 2 is 1.79 bits per heavy atom. The van der Waals surface area contributed by atoms with E-state index in [9.17, 15) is 13.2 Å². The molecule has 8 heteroatoms. The highest BCUT2D eigenvalue weighted by Gasteiger charge is 2.25. The van der Waals surface area contributed by atoms with E-state index in [0.717, 1.165) is 12.8 Å².